The van der Waals surface area contributed by atoms with Crippen LogP contribution in [0.3, 0.4) is 0 Å². The van der Waals surface area contributed by atoms with Gasteiger partial charge >= 0.3 is 18.1 Å². The van der Waals surface area contributed by atoms with Gasteiger partial charge in [-0.05, 0) is 32.0 Å². The van der Waals surface area contributed by atoms with Crippen LogP contribution in [0.2, 0.25) is 0 Å². The number of carbonyl (C=O) groups is 5. The zero-order valence-corrected chi connectivity index (χ0v) is 29.0. The molecule has 6 rings (SSSR count). The number of phenolic OH excluding ortho intramolecular Hbond substituents is 2. The Bertz CT molecular complexity index is 2150. The average molecular weight is 773 g/mol. The predicted molar refractivity (Wildman–Crippen MR) is 177 cm³/mol. The lowest BCUT2D eigenvalue weighted by Gasteiger charge is -2.43. The van der Waals surface area contributed by atoms with Crippen LogP contribution in [-0.4, -0.2) is 92.9 Å². The number of carbonyl (C=O) groups excluding carboxylic acids is 5. The number of nitro groups is 1. The SMILES string of the molecule is COc1cccc2c1C(=O)c1c(O)c3c(c(O)c1C2=O)C[C@](O)(C(C)=O)C[C@H]3OC1CC(NC(=O)C(F)(F)F)C(OC(=O)c2ccc([N+](=O)[O-])cc2)C(C)O1. The number of phenols is 2. The molecule has 3 aromatic rings. The summed E-state index contributed by atoms with van der Waals surface area (Å²) < 4.78 is 63.0. The lowest BCUT2D eigenvalue weighted by molar-refractivity contribution is -0.384. The number of hydrogen-bond donors (Lipinski definition) is 4. The number of methoxy groups -OCH3 is 1. The van der Waals surface area contributed by atoms with Crippen molar-refractivity contribution in [3.63, 3.8) is 0 Å². The highest BCUT2D eigenvalue weighted by molar-refractivity contribution is 6.31. The van der Waals surface area contributed by atoms with Crippen molar-refractivity contribution in [2.24, 2.45) is 0 Å². The minimum absolute atomic E-state index is 0.0164. The molecule has 0 spiro atoms. The first-order valence-electron chi connectivity index (χ1n) is 16.5. The molecule has 16 nitrogen and oxygen atoms in total. The first-order valence-corrected chi connectivity index (χ1v) is 16.5. The average Bonchev–Trinajstić information content (AvgIpc) is 3.12. The molecule has 0 saturated carbocycles. The quantitative estimate of drug-likeness (QED) is 0.0868. The number of alkyl halides is 3. The number of Topliss-reactive ketones (excluding diaryl/α,β-unsaturated/α-hetero) is 1. The van der Waals surface area contributed by atoms with Crippen molar-refractivity contribution in [3.8, 4) is 17.2 Å². The summed E-state index contributed by atoms with van der Waals surface area (Å²) in [5.74, 6) is -7.87. The van der Waals surface area contributed by atoms with Crippen LogP contribution in [0.5, 0.6) is 17.2 Å². The maximum absolute atomic E-state index is 13.9. The van der Waals surface area contributed by atoms with Crippen LogP contribution in [0.4, 0.5) is 18.9 Å². The van der Waals surface area contributed by atoms with Gasteiger partial charge in [0.1, 0.15) is 29.0 Å². The van der Waals surface area contributed by atoms with E-state index in [0.29, 0.717) is 0 Å². The van der Waals surface area contributed by atoms with Crippen molar-refractivity contribution in [2.45, 2.75) is 75.5 Å². The molecule has 1 fully saturated rings. The molecule has 0 bridgehead atoms. The number of aliphatic hydroxyl groups is 1. The number of benzene rings is 3. The second kappa shape index (κ2) is 14.1. The van der Waals surface area contributed by atoms with Gasteiger partial charge in [-0.2, -0.15) is 13.2 Å². The summed E-state index contributed by atoms with van der Waals surface area (Å²) in [5, 5.41) is 47.5. The number of nitrogens with one attached hydrogen (secondary N) is 1. The predicted octanol–water partition coefficient (Wildman–Crippen LogP) is 3.52. The number of nitrogens with zero attached hydrogens (tertiary/aromatic N) is 1. The number of hydrogen-bond acceptors (Lipinski definition) is 14. The van der Waals surface area contributed by atoms with E-state index in [1.165, 1.54) is 32.2 Å². The number of halogens is 3. The van der Waals surface area contributed by atoms with Crippen molar-refractivity contribution < 1.29 is 76.3 Å². The molecule has 3 aliphatic rings. The van der Waals surface area contributed by atoms with Crippen molar-refractivity contribution in [1.82, 2.24) is 5.32 Å². The van der Waals surface area contributed by atoms with Gasteiger partial charge in [-0.1, -0.05) is 12.1 Å². The zero-order valence-electron chi connectivity index (χ0n) is 29.0. The van der Waals surface area contributed by atoms with Gasteiger partial charge in [0.05, 0.1) is 52.5 Å². The van der Waals surface area contributed by atoms with E-state index in [2.05, 4.69) is 0 Å². The van der Waals surface area contributed by atoms with Gasteiger partial charge in [0, 0.05) is 48.1 Å². The standard InChI is InChI=1S/C36H31F3N2O14/c1-14-32(55-33(47)16-7-9-17(10-8-16)41(50)51)20(40-34(48)36(37,38)39)11-23(53-14)54-22-13-35(49,15(2)42)12-19-25(22)31(46)27-26(29(19)44)28(43)18-5-4-6-21(52-3)24(18)30(27)45/h4-10,14,20,22-23,32,44,46,49H,11-13H2,1-3H3,(H,40,48)/t14?,20?,22-,23?,32?,35-/m1/s1. The number of amides is 1. The third-order valence-corrected chi connectivity index (χ3v) is 9.85. The number of nitro benzene ring substituents is 1. The number of rotatable bonds is 8. The van der Waals surface area contributed by atoms with Gasteiger partial charge in [-0.3, -0.25) is 29.3 Å². The Hall–Kier alpha value is -5.92. The van der Waals surface area contributed by atoms with E-state index in [-0.39, 0.29) is 39.3 Å². The smallest absolute Gasteiger partial charge is 0.471 e. The fourth-order valence-corrected chi connectivity index (χ4v) is 7.09. The maximum atomic E-state index is 13.9. The third-order valence-electron chi connectivity index (χ3n) is 9.85. The van der Waals surface area contributed by atoms with Crippen LogP contribution < -0.4 is 10.1 Å². The molecule has 290 valence electrons. The Labute approximate surface area is 307 Å². The van der Waals surface area contributed by atoms with Crippen LogP contribution in [0.1, 0.15) is 86.1 Å². The van der Waals surface area contributed by atoms with E-state index in [9.17, 15) is 62.6 Å². The topological polar surface area (TPSA) is 238 Å². The summed E-state index contributed by atoms with van der Waals surface area (Å²) >= 11 is 0. The minimum Gasteiger partial charge on any atom is -0.507 e. The lowest BCUT2D eigenvalue weighted by atomic mass is 9.72. The molecule has 1 heterocycles. The van der Waals surface area contributed by atoms with Crippen LogP contribution >= 0.6 is 0 Å². The van der Waals surface area contributed by atoms with E-state index in [1.807, 2.05) is 0 Å². The molecule has 1 saturated heterocycles. The van der Waals surface area contributed by atoms with Gasteiger partial charge < -0.3 is 39.6 Å². The first-order chi connectivity index (χ1) is 25.8. The second-order valence-electron chi connectivity index (χ2n) is 13.2. The van der Waals surface area contributed by atoms with Crippen LogP contribution in [0, 0.1) is 10.1 Å². The number of fused-ring (bicyclic) bond motifs is 3. The number of non-ortho nitro benzene ring substituents is 1. The van der Waals surface area contributed by atoms with Crippen LogP contribution in [-0.2, 0) is 30.2 Å². The van der Waals surface area contributed by atoms with Crippen molar-refractivity contribution >= 4 is 34.9 Å². The molecule has 0 aromatic heterocycles. The number of esters is 1. The van der Waals surface area contributed by atoms with Gasteiger partial charge in [-0.15, -0.1) is 0 Å². The van der Waals surface area contributed by atoms with E-state index in [1.54, 1.807) is 5.32 Å². The molecule has 0 radical (unpaired) electrons. The molecule has 4 unspecified atom stereocenters. The summed E-state index contributed by atoms with van der Waals surface area (Å²) in [6.07, 6.45) is -13.6. The Morgan fingerprint density at radius 3 is 2.27 bits per heavy atom. The number of aromatic hydroxyl groups is 2. The summed E-state index contributed by atoms with van der Waals surface area (Å²) in [6.45, 7) is 2.30. The van der Waals surface area contributed by atoms with Gasteiger partial charge in [-0.25, -0.2) is 4.79 Å². The highest BCUT2D eigenvalue weighted by Crippen LogP contribution is 2.52. The highest BCUT2D eigenvalue weighted by Gasteiger charge is 2.51. The molecule has 3 aromatic carbocycles. The Morgan fingerprint density at radius 1 is 1.02 bits per heavy atom. The highest BCUT2D eigenvalue weighted by atomic mass is 19.4. The largest absolute Gasteiger partial charge is 0.507 e. The number of ketones is 3. The van der Waals surface area contributed by atoms with Crippen LogP contribution in [0.25, 0.3) is 0 Å². The molecule has 55 heavy (non-hydrogen) atoms. The number of ether oxygens (including phenoxy) is 4. The maximum Gasteiger partial charge on any atom is 0.471 e. The lowest BCUT2D eigenvalue weighted by Crippen LogP contribution is -2.59. The van der Waals surface area contributed by atoms with Gasteiger partial charge in [0.2, 0.25) is 5.78 Å². The summed E-state index contributed by atoms with van der Waals surface area (Å²) in [7, 11) is 1.25. The monoisotopic (exact) mass is 772 g/mol. The van der Waals surface area contributed by atoms with E-state index in [4.69, 9.17) is 18.9 Å². The van der Waals surface area contributed by atoms with Gasteiger partial charge in [0.15, 0.2) is 17.9 Å². The summed E-state index contributed by atoms with van der Waals surface area (Å²) in [5.41, 5.74) is -5.15. The molecular formula is C36H31F3N2O14. The Balaban J connectivity index is 1.37. The fraction of sp³-hybridized carbons (Fsp3) is 0.361. The van der Waals surface area contributed by atoms with Crippen molar-refractivity contribution in [3.05, 3.63) is 91.5 Å². The van der Waals surface area contributed by atoms with Crippen LogP contribution in [0.15, 0.2) is 42.5 Å². The molecule has 1 amide bonds. The van der Waals surface area contributed by atoms with E-state index >= 15 is 0 Å². The minimum atomic E-state index is -5.39. The zero-order chi connectivity index (χ0) is 40.3. The van der Waals surface area contributed by atoms with Crippen molar-refractivity contribution in [1.29, 1.82) is 0 Å². The normalized spacial score (nSPS) is 24.5. The molecule has 6 atom stereocenters. The molecule has 19 heteroatoms. The third kappa shape index (κ3) is 6.85. The molecular weight excluding hydrogens is 741 g/mol. The summed E-state index contributed by atoms with van der Waals surface area (Å²) in [4.78, 5) is 75.8. The molecule has 2 aliphatic carbocycles. The molecule has 1 aliphatic heterocycles. The molecule has 4 N–H and O–H groups in total. The van der Waals surface area contributed by atoms with Gasteiger partial charge in [0.25, 0.3) is 5.69 Å². The second-order valence-corrected chi connectivity index (χ2v) is 13.2. The van der Waals surface area contributed by atoms with E-state index < -0.39 is 118 Å². The Morgan fingerprint density at radius 2 is 1.67 bits per heavy atom. The van der Waals surface area contributed by atoms with E-state index in [0.717, 1.165) is 31.2 Å². The Kier molecular flexibility index (Phi) is 9.91. The fourth-order valence-electron chi connectivity index (χ4n) is 7.09. The van der Waals surface area contributed by atoms with Crippen molar-refractivity contribution in [2.75, 3.05) is 7.11 Å². The first kappa shape index (κ1) is 38.8. The summed E-state index contributed by atoms with van der Waals surface area (Å²) in [6, 6.07) is 6.56.